The van der Waals surface area contributed by atoms with Gasteiger partial charge in [-0.15, -0.1) is 0 Å². The minimum atomic E-state index is -0.911. The number of aliphatic carboxylic acids is 1. The number of aromatic nitrogens is 1. The third kappa shape index (κ3) is 5.29. The maximum absolute atomic E-state index is 11.6. The van der Waals surface area contributed by atoms with Gasteiger partial charge in [-0.25, -0.2) is 4.79 Å². The number of hydrogen-bond acceptors (Lipinski definition) is 3. The minimum Gasteiger partial charge on any atom is -0.481 e. The SMILES string of the molecule is CN(CCC(=O)O)C(=O)NCCc1ccncc1. The van der Waals surface area contributed by atoms with Crippen molar-refractivity contribution in [3.8, 4) is 0 Å². The average molecular weight is 251 g/mol. The Morgan fingerprint density at radius 3 is 2.67 bits per heavy atom. The van der Waals surface area contributed by atoms with Gasteiger partial charge in [-0.05, 0) is 24.1 Å². The van der Waals surface area contributed by atoms with Gasteiger partial charge in [0.1, 0.15) is 0 Å². The molecule has 0 unspecified atom stereocenters. The van der Waals surface area contributed by atoms with Crippen molar-refractivity contribution >= 4 is 12.0 Å². The van der Waals surface area contributed by atoms with Crippen LogP contribution in [0.2, 0.25) is 0 Å². The monoisotopic (exact) mass is 251 g/mol. The van der Waals surface area contributed by atoms with Crippen molar-refractivity contribution in [1.82, 2.24) is 15.2 Å². The van der Waals surface area contributed by atoms with Crippen LogP contribution in [0, 0.1) is 0 Å². The first kappa shape index (κ1) is 14.0. The molecule has 0 aromatic carbocycles. The lowest BCUT2D eigenvalue weighted by atomic mass is 10.2. The van der Waals surface area contributed by atoms with Crippen molar-refractivity contribution in [2.24, 2.45) is 0 Å². The van der Waals surface area contributed by atoms with E-state index in [-0.39, 0.29) is 19.0 Å². The van der Waals surface area contributed by atoms with Crippen molar-refractivity contribution in [2.75, 3.05) is 20.1 Å². The number of pyridine rings is 1. The maximum Gasteiger partial charge on any atom is 0.317 e. The molecule has 0 spiro atoms. The van der Waals surface area contributed by atoms with E-state index in [0.29, 0.717) is 6.54 Å². The highest BCUT2D eigenvalue weighted by molar-refractivity contribution is 5.74. The van der Waals surface area contributed by atoms with E-state index >= 15 is 0 Å². The van der Waals surface area contributed by atoms with E-state index < -0.39 is 5.97 Å². The number of carbonyl (C=O) groups is 2. The molecule has 0 aliphatic rings. The van der Waals surface area contributed by atoms with Crippen molar-refractivity contribution in [3.05, 3.63) is 30.1 Å². The quantitative estimate of drug-likeness (QED) is 0.781. The first-order valence-electron chi connectivity index (χ1n) is 5.69. The molecule has 0 aliphatic heterocycles. The van der Waals surface area contributed by atoms with Gasteiger partial charge in [-0.2, -0.15) is 0 Å². The number of rotatable bonds is 6. The highest BCUT2D eigenvalue weighted by atomic mass is 16.4. The number of nitrogens with one attached hydrogen (secondary N) is 1. The van der Waals surface area contributed by atoms with Crippen LogP contribution in [0.1, 0.15) is 12.0 Å². The number of hydrogen-bond donors (Lipinski definition) is 2. The zero-order chi connectivity index (χ0) is 13.4. The summed E-state index contributed by atoms with van der Waals surface area (Å²) in [5, 5.41) is 11.2. The molecule has 2 amide bonds. The van der Waals surface area contributed by atoms with Crippen LogP contribution >= 0.6 is 0 Å². The molecule has 6 nitrogen and oxygen atoms in total. The van der Waals surface area contributed by atoms with E-state index in [4.69, 9.17) is 5.11 Å². The second-order valence-electron chi connectivity index (χ2n) is 3.90. The van der Waals surface area contributed by atoms with Gasteiger partial charge >= 0.3 is 12.0 Å². The summed E-state index contributed by atoms with van der Waals surface area (Å²) in [6.45, 7) is 0.719. The van der Waals surface area contributed by atoms with E-state index in [1.165, 1.54) is 4.90 Å². The van der Waals surface area contributed by atoms with Crippen LogP contribution < -0.4 is 5.32 Å². The minimum absolute atomic E-state index is 0.0473. The zero-order valence-corrected chi connectivity index (χ0v) is 10.3. The van der Waals surface area contributed by atoms with Crippen LogP contribution in [-0.2, 0) is 11.2 Å². The lowest BCUT2D eigenvalue weighted by Gasteiger charge is -2.16. The van der Waals surface area contributed by atoms with Crippen LogP contribution in [-0.4, -0.2) is 47.1 Å². The molecule has 6 heteroatoms. The molecule has 0 radical (unpaired) electrons. The number of urea groups is 1. The van der Waals surface area contributed by atoms with E-state index in [1.807, 2.05) is 12.1 Å². The molecule has 1 aromatic rings. The Morgan fingerprint density at radius 1 is 1.39 bits per heavy atom. The Kier molecular flexibility index (Phi) is 5.63. The fourth-order valence-corrected chi connectivity index (χ4v) is 1.36. The van der Waals surface area contributed by atoms with Gasteiger partial charge in [0.25, 0.3) is 0 Å². The summed E-state index contributed by atoms with van der Waals surface area (Å²) < 4.78 is 0. The summed E-state index contributed by atoms with van der Waals surface area (Å²) in [6.07, 6.45) is 4.08. The molecule has 0 aliphatic carbocycles. The topological polar surface area (TPSA) is 82.5 Å². The first-order valence-corrected chi connectivity index (χ1v) is 5.69. The molecule has 0 atom stereocenters. The molecule has 0 bridgehead atoms. The zero-order valence-electron chi connectivity index (χ0n) is 10.3. The van der Waals surface area contributed by atoms with Crippen molar-refractivity contribution < 1.29 is 14.7 Å². The highest BCUT2D eigenvalue weighted by Crippen LogP contribution is 1.96. The van der Waals surface area contributed by atoms with Gasteiger partial charge in [-0.1, -0.05) is 0 Å². The third-order valence-corrected chi connectivity index (χ3v) is 2.45. The predicted molar refractivity (Wildman–Crippen MR) is 66.2 cm³/mol. The first-order chi connectivity index (χ1) is 8.59. The van der Waals surface area contributed by atoms with Gasteiger partial charge in [0.05, 0.1) is 6.42 Å². The second-order valence-corrected chi connectivity index (χ2v) is 3.90. The summed E-state index contributed by atoms with van der Waals surface area (Å²) >= 11 is 0. The van der Waals surface area contributed by atoms with Gasteiger partial charge in [0.15, 0.2) is 0 Å². The Hall–Kier alpha value is -2.11. The molecule has 0 fully saturated rings. The largest absolute Gasteiger partial charge is 0.481 e. The van der Waals surface area contributed by atoms with E-state index in [2.05, 4.69) is 10.3 Å². The fraction of sp³-hybridized carbons (Fsp3) is 0.417. The Bertz CT molecular complexity index is 395. The molecule has 0 saturated heterocycles. The van der Waals surface area contributed by atoms with Crippen LogP contribution in [0.25, 0.3) is 0 Å². The molecule has 18 heavy (non-hydrogen) atoms. The molecule has 1 aromatic heterocycles. The molecular formula is C12H17N3O3. The fourth-order valence-electron chi connectivity index (χ4n) is 1.36. The molecule has 1 rings (SSSR count). The lowest BCUT2D eigenvalue weighted by molar-refractivity contribution is -0.137. The Balaban J connectivity index is 2.22. The third-order valence-electron chi connectivity index (χ3n) is 2.45. The molecule has 2 N–H and O–H groups in total. The molecular weight excluding hydrogens is 234 g/mol. The van der Waals surface area contributed by atoms with Gasteiger partial charge in [0, 0.05) is 32.5 Å². The van der Waals surface area contributed by atoms with Crippen LogP contribution in [0.4, 0.5) is 4.79 Å². The standard InChI is InChI=1S/C12H17N3O3/c1-15(9-5-11(16)17)12(18)14-8-4-10-2-6-13-7-3-10/h2-3,6-7H,4-5,8-9H2,1H3,(H,14,18)(H,16,17). The smallest absolute Gasteiger partial charge is 0.317 e. The van der Waals surface area contributed by atoms with Crippen LogP contribution in [0.15, 0.2) is 24.5 Å². The number of carboxylic acids is 1. The number of nitrogens with zero attached hydrogens (tertiary/aromatic N) is 2. The maximum atomic E-state index is 11.6. The van der Waals surface area contributed by atoms with E-state index in [1.54, 1.807) is 19.4 Å². The number of carboxylic acid groups (broad SMARTS) is 1. The molecule has 0 saturated carbocycles. The summed E-state index contributed by atoms with van der Waals surface area (Å²) in [6, 6.07) is 3.52. The van der Waals surface area contributed by atoms with Crippen LogP contribution in [0.3, 0.4) is 0 Å². The van der Waals surface area contributed by atoms with Gasteiger partial charge < -0.3 is 15.3 Å². The van der Waals surface area contributed by atoms with Crippen LogP contribution in [0.5, 0.6) is 0 Å². The Morgan fingerprint density at radius 2 is 2.06 bits per heavy atom. The van der Waals surface area contributed by atoms with Gasteiger partial charge in [0.2, 0.25) is 0 Å². The summed E-state index contributed by atoms with van der Waals surface area (Å²) in [7, 11) is 1.57. The van der Waals surface area contributed by atoms with E-state index in [9.17, 15) is 9.59 Å². The average Bonchev–Trinajstić information content (AvgIpc) is 2.37. The molecule has 1 heterocycles. The lowest BCUT2D eigenvalue weighted by Crippen LogP contribution is -2.39. The van der Waals surface area contributed by atoms with Crippen molar-refractivity contribution in [1.29, 1.82) is 0 Å². The predicted octanol–water partition coefficient (Wildman–Crippen LogP) is 0.740. The summed E-state index contributed by atoms with van der Waals surface area (Å²) in [4.78, 5) is 27.2. The summed E-state index contributed by atoms with van der Waals surface area (Å²) in [5.41, 5.74) is 1.10. The number of amides is 2. The number of carbonyl (C=O) groups excluding carboxylic acids is 1. The van der Waals surface area contributed by atoms with E-state index in [0.717, 1.165) is 12.0 Å². The Labute approximate surface area is 106 Å². The van der Waals surface area contributed by atoms with Crippen molar-refractivity contribution in [2.45, 2.75) is 12.8 Å². The van der Waals surface area contributed by atoms with Crippen molar-refractivity contribution in [3.63, 3.8) is 0 Å². The van der Waals surface area contributed by atoms with Gasteiger partial charge in [-0.3, -0.25) is 9.78 Å². The normalized spacial score (nSPS) is 9.83. The highest BCUT2D eigenvalue weighted by Gasteiger charge is 2.08. The molecule has 98 valence electrons. The second kappa shape index (κ2) is 7.26. The summed E-state index contributed by atoms with van der Waals surface area (Å²) in [5.74, 6) is -0.911.